The summed E-state index contributed by atoms with van der Waals surface area (Å²) >= 11 is 0. The van der Waals surface area contributed by atoms with Gasteiger partial charge in [-0.1, -0.05) is 66.7 Å². The van der Waals surface area contributed by atoms with Crippen molar-refractivity contribution in [3.63, 3.8) is 0 Å². The molecule has 1 aliphatic heterocycles. The fraction of sp³-hybridized carbons (Fsp3) is 0.375. The highest BCUT2D eigenvalue weighted by Gasteiger charge is 2.48. The van der Waals surface area contributed by atoms with Gasteiger partial charge in [0.05, 0.1) is 45.6 Å². The van der Waals surface area contributed by atoms with Gasteiger partial charge in [0.1, 0.15) is 11.5 Å². The molecule has 218 valence electrons. The van der Waals surface area contributed by atoms with Crippen LogP contribution >= 0.6 is 0 Å². The molecule has 41 heavy (non-hydrogen) atoms. The van der Waals surface area contributed by atoms with Crippen LogP contribution in [0.1, 0.15) is 16.7 Å². The van der Waals surface area contributed by atoms with Crippen molar-refractivity contribution in [1.82, 2.24) is 9.80 Å². The van der Waals surface area contributed by atoms with E-state index in [1.165, 1.54) is 0 Å². The van der Waals surface area contributed by atoms with Crippen LogP contribution < -0.4 is 9.47 Å². The molecule has 0 amide bonds. The first-order valence-electron chi connectivity index (χ1n) is 13.6. The standard InChI is InChI=1S/C32H38N2O7/c1-39-27-14-8-6-12-25(27)18-32(34(22-30(35)36)23-31(37)38,19-26-13-7-9-15-28(26)40-2)29-21-33(16-17-41-29)20-24-10-4-3-5-11-24/h3-15,29H,16-23H2,1-2H3,(H,35,36)(H,37,38). The molecule has 3 aromatic carbocycles. The van der Waals surface area contributed by atoms with Gasteiger partial charge >= 0.3 is 11.9 Å². The summed E-state index contributed by atoms with van der Waals surface area (Å²) < 4.78 is 17.9. The molecule has 2 N–H and O–H groups in total. The van der Waals surface area contributed by atoms with Gasteiger partial charge < -0.3 is 24.4 Å². The first-order chi connectivity index (χ1) is 19.8. The van der Waals surface area contributed by atoms with E-state index in [1.54, 1.807) is 19.1 Å². The first kappa shape index (κ1) is 30.0. The van der Waals surface area contributed by atoms with Gasteiger partial charge in [-0.15, -0.1) is 0 Å². The molecule has 1 heterocycles. The highest BCUT2D eigenvalue weighted by molar-refractivity contribution is 5.73. The summed E-state index contributed by atoms with van der Waals surface area (Å²) in [5, 5.41) is 20.0. The number of carbonyl (C=O) groups is 2. The van der Waals surface area contributed by atoms with E-state index in [9.17, 15) is 19.8 Å². The minimum Gasteiger partial charge on any atom is -0.496 e. The second-order valence-electron chi connectivity index (χ2n) is 10.3. The molecule has 0 radical (unpaired) electrons. The van der Waals surface area contributed by atoms with Crippen molar-refractivity contribution in [1.29, 1.82) is 0 Å². The summed E-state index contributed by atoms with van der Waals surface area (Å²) in [6, 6.07) is 25.2. The average molecular weight is 563 g/mol. The topological polar surface area (TPSA) is 109 Å². The molecule has 1 unspecified atom stereocenters. The van der Waals surface area contributed by atoms with Crippen molar-refractivity contribution in [3.8, 4) is 11.5 Å². The Balaban J connectivity index is 1.86. The lowest BCUT2D eigenvalue weighted by molar-refractivity contribution is -0.155. The number of carboxylic acid groups (broad SMARTS) is 2. The van der Waals surface area contributed by atoms with Crippen LogP contribution in [0.3, 0.4) is 0 Å². The van der Waals surface area contributed by atoms with Gasteiger partial charge in [-0.2, -0.15) is 0 Å². The normalized spacial score (nSPS) is 15.9. The number of methoxy groups -OCH3 is 2. The molecule has 1 fully saturated rings. The van der Waals surface area contributed by atoms with Crippen molar-refractivity contribution in [3.05, 3.63) is 95.6 Å². The summed E-state index contributed by atoms with van der Waals surface area (Å²) in [7, 11) is 3.18. The summed E-state index contributed by atoms with van der Waals surface area (Å²) in [5.41, 5.74) is 1.72. The molecule has 0 aromatic heterocycles. The fourth-order valence-electron chi connectivity index (χ4n) is 5.79. The summed E-state index contributed by atoms with van der Waals surface area (Å²) in [4.78, 5) is 28.3. The smallest absolute Gasteiger partial charge is 0.317 e. The molecule has 9 nitrogen and oxygen atoms in total. The van der Waals surface area contributed by atoms with E-state index in [0.29, 0.717) is 50.6 Å². The number of nitrogens with zero attached hydrogens (tertiary/aromatic N) is 2. The molecule has 4 rings (SSSR count). The number of carboxylic acids is 2. The zero-order valence-corrected chi connectivity index (χ0v) is 23.6. The molecule has 0 spiro atoms. The van der Waals surface area contributed by atoms with Crippen LogP contribution in [-0.4, -0.2) is 90.6 Å². The van der Waals surface area contributed by atoms with Gasteiger partial charge in [0.25, 0.3) is 0 Å². The number of morpholine rings is 1. The predicted octanol–water partition coefficient (Wildman–Crippen LogP) is 3.60. The minimum absolute atomic E-state index is 0.291. The van der Waals surface area contributed by atoms with E-state index in [4.69, 9.17) is 14.2 Å². The molecular formula is C32H38N2O7. The van der Waals surface area contributed by atoms with Gasteiger partial charge in [-0.3, -0.25) is 19.4 Å². The van der Waals surface area contributed by atoms with Crippen LogP contribution in [0.4, 0.5) is 0 Å². The lowest BCUT2D eigenvalue weighted by Crippen LogP contribution is -2.66. The Morgan fingerprint density at radius 2 is 1.37 bits per heavy atom. The Labute approximate surface area is 240 Å². The highest BCUT2D eigenvalue weighted by atomic mass is 16.5. The van der Waals surface area contributed by atoms with Gasteiger partial charge in [0.15, 0.2) is 0 Å². The predicted molar refractivity (Wildman–Crippen MR) is 154 cm³/mol. The van der Waals surface area contributed by atoms with Crippen LogP contribution in [0.5, 0.6) is 11.5 Å². The first-order valence-corrected chi connectivity index (χ1v) is 13.6. The molecule has 9 heteroatoms. The summed E-state index contributed by atoms with van der Waals surface area (Å²) in [6.45, 7) is 1.34. The lowest BCUT2D eigenvalue weighted by Gasteiger charge is -2.51. The number of benzene rings is 3. The lowest BCUT2D eigenvalue weighted by atomic mass is 9.77. The number of hydrogen-bond donors (Lipinski definition) is 2. The Bertz CT molecular complexity index is 1230. The molecule has 3 aromatic rings. The zero-order chi connectivity index (χ0) is 29.2. The van der Waals surface area contributed by atoms with Gasteiger partial charge in [-0.25, -0.2) is 0 Å². The number of ether oxygens (including phenoxy) is 3. The zero-order valence-electron chi connectivity index (χ0n) is 23.6. The van der Waals surface area contributed by atoms with E-state index in [2.05, 4.69) is 17.0 Å². The van der Waals surface area contributed by atoms with E-state index >= 15 is 0 Å². The number of para-hydroxylation sites is 2. The van der Waals surface area contributed by atoms with E-state index in [-0.39, 0.29) is 0 Å². The average Bonchev–Trinajstić information content (AvgIpc) is 2.97. The van der Waals surface area contributed by atoms with E-state index < -0.39 is 36.7 Å². The van der Waals surface area contributed by atoms with Crippen LogP contribution in [0.2, 0.25) is 0 Å². The Morgan fingerprint density at radius 3 is 1.88 bits per heavy atom. The monoisotopic (exact) mass is 562 g/mol. The Morgan fingerprint density at radius 1 is 0.854 bits per heavy atom. The summed E-state index contributed by atoms with van der Waals surface area (Å²) in [5.74, 6) is -0.959. The van der Waals surface area contributed by atoms with Crippen molar-refractivity contribution in [2.24, 2.45) is 0 Å². The van der Waals surface area contributed by atoms with Crippen molar-refractivity contribution < 1.29 is 34.0 Å². The van der Waals surface area contributed by atoms with Crippen LogP contribution in [-0.2, 0) is 33.7 Å². The quantitative estimate of drug-likeness (QED) is 0.305. The molecule has 1 atom stereocenters. The molecular weight excluding hydrogens is 524 g/mol. The van der Waals surface area contributed by atoms with Crippen molar-refractivity contribution in [2.45, 2.75) is 31.0 Å². The van der Waals surface area contributed by atoms with Crippen LogP contribution in [0.15, 0.2) is 78.9 Å². The number of aliphatic carboxylic acids is 2. The maximum absolute atomic E-state index is 12.2. The largest absolute Gasteiger partial charge is 0.496 e. The Hall–Kier alpha value is -3.92. The van der Waals surface area contributed by atoms with Crippen LogP contribution in [0.25, 0.3) is 0 Å². The summed E-state index contributed by atoms with van der Waals surface area (Å²) in [6.07, 6.45) is 0.0485. The van der Waals surface area contributed by atoms with E-state index in [1.807, 2.05) is 66.7 Å². The molecule has 0 saturated carbocycles. The third-order valence-corrected chi connectivity index (χ3v) is 7.66. The van der Waals surface area contributed by atoms with Crippen molar-refractivity contribution in [2.75, 3.05) is 47.0 Å². The van der Waals surface area contributed by atoms with Gasteiger partial charge in [-0.05, 0) is 41.7 Å². The van der Waals surface area contributed by atoms with Crippen molar-refractivity contribution >= 4 is 11.9 Å². The van der Waals surface area contributed by atoms with E-state index in [0.717, 1.165) is 16.7 Å². The fourth-order valence-corrected chi connectivity index (χ4v) is 5.79. The second kappa shape index (κ2) is 14.1. The Kier molecular flexibility index (Phi) is 10.3. The minimum atomic E-state index is -1.12. The van der Waals surface area contributed by atoms with Gasteiger partial charge in [0.2, 0.25) is 0 Å². The SMILES string of the molecule is COc1ccccc1CC(Cc1ccccc1OC)(C1CN(Cc2ccccc2)CCO1)N(CC(=O)O)CC(=O)O. The molecule has 0 aliphatic carbocycles. The maximum Gasteiger partial charge on any atom is 0.317 e. The maximum atomic E-state index is 12.2. The third kappa shape index (κ3) is 7.64. The molecule has 1 aliphatic rings. The number of hydrogen-bond acceptors (Lipinski definition) is 7. The molecule has 0 bridgehead atoms. The van der Waals surface area contributed by atoms with Crippen LogP contribution in [0, 0.1) is 0 Å². The highest BCUT2D eigenvalue weighted by Crippen LogP contribution is 2.37. The number of rotatable bonds is 14. The second-order valence-corrected chi connectivity index (χ2v) is 10.3. The third-order valence-electron chi connectivity index (χ3n) is 7.66. The molecule has 1 saturated heterocycles. The van der Waals surface area contributed by atoms with Gasteiger partial charge in [0, 0.05) is 19.6 Å².